The van der Waals surface area contributed by atoms with Crippen LogP contribution in [0.15, 0.2) is 0 Å². The van der Waals surface area contributed by atoms with Gasteiger partial charge in [-0.1, -0.05) is 0 Å². The zero-order valence-corrected chi connectivity index (χ0v) is 7.49. The first-order chi connectivity index (χ1) is 5.65. The van der Waals surface area contributed by atoms with Gasteiger partial charge in [-0.2, -0.15) is 0 Å². The summed E-state index contributed by atoms with van der Waals surface area (Å²) in [4.78, 5) is 13.1. The van der Waals surface area contributed by atoms with Crippen LogP contribution in [-0.2, 0) is 9.53 Å². The van der Waals surface area contributed by atoms with E-state index in [0.29, 0.717) is 6.42 Å². The Balaban J connectivity index is 2.54. The van der Waals surface area contributed by atoms with Gasteiger partial charge < -0.3 is 9.84 Å². The second-order valence-corrected chi connectivity index (χ2v) is 3.20. The number of aliphatic hydroxyl groups is 1. The molecule has 0 bridgehead atoms. The van der Waals surface area contributed by atoms with Crippen molar-refractivity contribution in [3.63, 3.8) is 0 Å². The summed E-state index contributed by atoms with van der Waals surface area (Å²) in [5.74, 6) is -0.253. The quantitative estimate of drug-likeness (QED) is 0.549. The minimum absolute atomic E-state index is 0.253. The highest BCUT2D eigenvalue weighted by molar-refractivity contribution is 5.75. The SMILES string of the molecule is COC(=O)C1CC(O)CCN1C. The van der Waals surface area contributed by atoms with Crippen LogP contribution in [-0.4, -0.2) is 48.8 Å². The number of likely N-dealkylation sites (tertiary alicyclic amines) is 1. The van der Waals surface area contributed by atoms with E-state index in [1.807, 2.05) is 11.9 Å². The summed E-state index contributed by atoms with van der Waals surface area (Å²) in [6.45, 7) is 0.751. The van der Waals surface area contributed by atoms with Gasteiger partial charge in [0, 0.05) is 6.54 Å². The van der Waals surface area contributed by atoms with E-state index in [0.717, 1.165) is 13.0 Å². The molecule has 1 N–H and O–H groups in total. The van der Waals surface area contributed by atoms with Crippen LogP contribution in [0, 0.1) is 0 Å². The fourth-order valence-corrected chi connectivity index (χ4v) is 1.48. The van der Waals surface area contributed by atoms with Crippen molar-refractivity contribution in [1.82, 2.24) is 4.90 Å². The zero-order valence-electron chi connectivity index (χ0n) is 7.49. The van der Waals surface area contributed by atoms with Crippen molar-refractivity contribution in [2.75, 3.05) is 20.7 Å². The minimum atomic E-state index is -0.356. The number of aliphatic hydroxyl groups excluding tert-OH is 1. The molecule has 0 aromatic heterocycles. The molecule has 12 heavy (non-hydrogen) atoms. The molecule has 2 unspecified atom stereocenters. The van der Waals surface area contributed by atoms with Crippen LogP contribution >= 0.6 is 0 Å². The highest BCUT2D eigenvalue weighted by atomic mass is 16.5. The summed E-state index contributed by atoms with van der Waals surface area (Å²) in [7, 11) is 3.24. The lowest BCUT2D eigenvalue weighted by atomic mass is 10.0. The molecule has 70 valence electrons. The van der Waals surface area contributed by atoms with Crippen molar-refractivity contribution in [3.8, 4) is 0 Å². The summed E-state index contributed by atoms with van der Waals surface area (Å²) in [5, 5.41) is 9.31. The Morgan fingerprint density at radius 2 is 2.33 bits per heavy atom. The number of hydrogen-bond donors (Lipinski definition) is 1. The van der Waals surface area contributed by atoms with Crippen LogP contribution in [0.3, 0.4) is 0 Å². The number of piperidine rings is 1. The van der Waals surface area contributed by atoms with Crippen molar-refractivity contribution >= 4 is 5.97 Å². The largest absolute Gasteiger partial charge is 0.468 e. The summed E-state index contributed by atoms with van der Waals surface area (Å²) in [6, 6.07) is -0.265. The fourth-order valence-electron chi connectivity index (χ4n) is 1.48. The number of ether oxygens (including phenoxy) is 1. The summed E-state index contributed by atoms with van der Waals surface area (Å²) in [5.41, 5.74) is 0. The molecule has 1 rings (SSSR count). The van der Waals surface area contributed by atoms with Gasteiger partial charge in [-0.25, -0.2) is 0 Å². The lowest BCUT2D eigenvalue weighted by molar-refractivity contribution is -0.149. The van der Waals surface area contributed by atoms with Gasteiger partial charge in [-0.15, -0.1) is 0 Å². The molecule has 1 heterocycles. The first-order valence-corrected chi connectivity index (χ1v) is 4.11. The van der Waals surface area contributed by atoms with Gasteiger partial charge in [0.1, 0.15) is 6.04 Å². The second-order valence-electron chi connectivity index (χ2n) is 3.20. The van der Waals surface area contributed by atoms with Crippen molar-refractivity contribution in [2.45, 2.75) is 25.0 Å². The standard InChI is InChI=1S/C8H15NO3/c1-9-4-3-6(10)5-7(9)8(11)12-2/h6-7,10H,3-5H2,1-2H3. The summed E-state index contributed by atoms with van der Waals surface area (Å²) >= 11 is 0. The fraction of sp³-hybridized carbons (Fsp3) is 0.875. The Kier molecular flexibility index (Phi) is 3.05. The normalized spacial score (nSPS) is 31.6. The Morgan fingerprint density at radius 1 is 1.67 bits per heavy atom. The van der Waals surface area contributed by atoms with E-state index in [9.17, 15) is 9.90 Å². The monoisotopic (exact) mass is 173 g/mol. The number of carbonyl (C=O) groups is 1. The molecule has 0 amide bonds. The maximum atomic E-state index is 11.1. The van der Waals surface area contributed by atoms with Crippen LogP contribution in [0.25, 0.3) is 0 Å². The van der Waals surface area contributed by atoms with Gasteiger partial charge in [-0.3, -0.25) is 9.69 Å². The zero-order chi connectivity index (χ0) is 9.14. The average Bonchev–Trinajstić information content (AvgIpc) is 2.08. The molecule has 0 saturated carbocycles. The third-order valence-corrected chi connectivity index (χ3v) is 2.32. The number of nitrogens with zero attached hydrogens (tertiary/aromatic N) is 1. The van der Waals surface area contributed by atoms with Crippen molar-refractivity contribution < 1.29 is 14.6 Å². The number of likely N-dealkylation sites (N-methyl/N-ethyl adjacent to an activating group) is 1. The Morgan fingerprint density at radius 3 is 2.92 bits per heavy atom. The molecule has 0 spiro atoms. The topological polar surface area (TPSA) is 49.8 Å². The van der Waals surface area contributed by atoms with Gasteiger partial charge >= 0.3 is 5.97 Å². The number of methoxy groups -OCH3 is 1. The van der Waals surface area contributed by atoms with E-state index in [4.69, 9.17) is 0 Å². The van der Waals surface area contributed by atoms with E-state index >= 15 is 0 Å². The molecule has 2 atom stereocenters. The molecular weight excluding hydrogens is 158 g/mol. The second kappa shape index (κ2) is 3.87. The summed E-state index contributed by atoms with van der Waals surface area (Å²) < 4.78 is 4.62. The van der Waals surface area contributed by atoms with Gasteiger partial charge in [-0.05, 0) is 19.9 Å². The lowest BCUT2D eigenvalue weighted by Crippen LogP contribution is -2.46. The van der Waals surface area contributed by atoms with Crippen molar-refractivity contribution in [1.29, 1.82) is 0 Å². The molecule has 1 aliphatic heterocycles. The smallest absolute Gasteiger partial charge is 0.323 e. The Bertz CT molecular complexity index is 172. The first kappa shape index (κ1) is 9.48. The highest BCUT2D eigenvalue weighted by Crippen LogP contribution is 2.16. The number of carbonyl (C=O) groups excluding carboxylic acids is 1. The minimum Gasteiger partial charge on any atom is -0.468 e. The average molecular weight is 173 g/mol. The molecule has 0 aliphatic carbocycles. The predicted molar refractivity (Wildman–Crippen MR) is 43.7 cm³/mol. The van der Waals surface area contributed by atoms with E-state index < -0.39 is 0 Å². The van der Waals surface area contributed by atoms with E-state index in [2.05, 4.69) is 4.74 Å². The van der Waals surface area contributed by atoms with Crippen molar-refractivity contribution in [2.24, 2.45) is 0 Å². The highest BCUT2D eigenvalue weighted by Gasteiger charge is 2.30. The molecule has 1 saturated heterocycles. The number of rotatable bonds is 1. The molecular formula is C8H15NO3. The third-order valence-electron chi connectivity index (χ3n) is 2.32. The number of esters is 1. The van der Waals surface area contributed by atoms with E-state index in [1.54, 1.807) is 0 Å². The van der Waals surface area contributed by atoms with Gasteiger partial charge in [0.15, 0.2) is 0 Å². The van der Waals surface area contributed by atoms with Gasteiger partial charge in [0.2, 0.25) is 0 Å². The first-order valence-electron chi connectivity index (χ1n) is 4.11. The predicted octanol–water partition coefficient (Wildman–Crippen LogP) is -0.386. The maximum Gasteiger partial charge on any atom is 0.323 e. The van der Waals surface area contributed by atoms with Gasteiger partial charge in [0.05, 0.1) is 13.2 Å². The van der Waals surface area contributed by atoms with E-state index in [1.165, 1.54) is 7.11 Å². The molecule has 1 aliphatic rings. The van der Waals surface area contributed by atoms with E-state index in [-0.39, 0.29) is 18.1 Å². The molecule has 4 nitrogen and oxygen atoms in total. The molecule has 0 aromatic rings. The molecule has 0 aromatic carbocycles. The van der Waals surface area contributed by atoms with Crippen LogP contribution in [0.4, 0.5) is 0 Å². The van der Waals surface area contributed by atoms with Crippen LogP contribution < -0.4 is 0 Å². The molecule has 4 heteroatoms. The number of hydrogen-bond acceptors (Lipinski definition) is 4. The van der Waals surface area contributed by atoms with Gasteiger partial charge in [0.25, 0.3) is 0 Å². The Hall–Kier alpha value is -0.610. The lowest BCUT2D eigenvalue weighted by Gasteiger charge is -2.32. The van der Waals surface area contributed by atoms with Crippen LogP contribution in [0.1, 0.15) is 12.8 Å². The van der Waals surface area contributed by atoms with Crippen molar-refractivity contribution in [3.05, 3.63) is 0 Å². The summed E-state index contributed by atoms with van der Waals surface area (Å²) in [6.07, 6.45) is 0.873. The van der Waals surface area contributed by atoms with Crippen LogP contribution in [0.2, 0.25) is 0 Å². The molecule has 0 radical (unpaired) electrons. The Labute approximate surface area is 72.1 Å². The van der Waals surface area contributed by atoms with Crippen LogP contribution in [0.5, 0.6) is 0 Å². The third kappa shape index (κ3) is 1.95. The molecule has 1 fully saturated rings. The maximum absolute atomic E-state index is 11.1.